The minimum absolute atomic E-state index is 0.300. The summed E-state index contributed by atoms with van der Waals surface area (Å²) in [5.41, 5.74) is 1.10. The summed E-state index contributed by atoms with van der Waals surface area (Å²) in [6, 6.07) is 11.9. The van der Waals surface area contributed by atoms with Gasteiger partial charge in [-0.1, -0.05) is 6.07 Å². The van der Waals surface area contributed by atoms with Gasteiger partial charge in [0.1, 0.15) is 17.5 Å². The van der Waals surface area contributed by atoms with Crippen molar-refractivity contribution in [2.75, 3.05) is 12.4 Å². The molecule has 1 aromatic heterocycles. The van der Waals surface area contributed by atoms with Crippen LogP contribution in [-0.4, -0.2) is 24.3 Å². The van der Waals surface area contributed by atoms with Crippen molar-refractivity contribution < 1.29 is 14.3 Å². The number of pyridine rings is 1. The standard InChI is InChI=1S/C16H15N3O3/c1-11(21-2)22-15-7-6-13(9-12(15)10-17)19-16(20)14-5-3-4-8-18-14/h3-9,11H,1-2H3,(H,19,20). The highest BCUT2D eigenvalue weighted by Crippen LogP contribution is 2.23. The highest BCUT2D eigenvalue weighted by molar-refractivity contribution is 6.02. The SMILES string of the molecule is COC(C)Oc1ccc(NC(=O)c2ccccn2)cc1C#N. The molecule has 1 unspecified atom stereocenters. The molecule has 2 rings (SSSR count). The van der Waals surface area contributed by atoms with Crippen molar-refractivity contribution in [3.05, 3.63) is 53.9 Å². The first-order valence-electron chi connectivity index (χ1n) is 6.60. The van der Waals surface area contributed by atoms with Crippen molar-refractivity contribution in [1.29, 1.82) is 5.26 Å². The number of carbonyl (C=O) groups is 1. The summed E-state index contributed by atoms with van der Waals surface area (Å²) < 4.78 is 10.5. The smallest absolute Gasteiger partial charge is 0.274 e. The van der Waals surface area contributed by atoms with Gasteiger partial charge in [0.05, 0.1) is 5.56 Å². The Labute approximate surface area is 128 Å². The van der Waals surface area contributed by atoms with Crippen molar-refractivity contribution in [2.45, 2.75) is 13.2 Å². The molecule has 0 aliphatic heterocycles. The second-order valence-electron chi connectivity index (χ2n) is 4.41. The minimum Gasteiger partial charge on any atom is -0.464 e. The highest BCUT2D eigenvalue weighted by atomic mass is 16.7. The number of ether oxygens (including phenoxy) is 2. The normalized spacial score (nSPS) is 11.3. The molecule has 1 atom stereocenters. The van der Waals surface area contributed by atoms with E-state index in [-0.39, 0.29) is 5.91 Å². The predicted molar refractivity (Wildman–Crippen MR) is 80.4 cm³/mol. The zero-order valence-electron chi connectivity index (χ0n) is 12.2. The molecule has 1 N–H and O–H groups in total. The first kappa shape index (κ1) is 15.5. The van der Waals surface area contributed by atoms with Crippen LogP contribution in [0.2, 0.25) is 0 Å². The molecule has 6 nitrogen and oxygen atoms in total. The van der Waals surface area contributed by atoms with Gasteiger partial charge < -0.3 is 14.8 Å². The fourth-order valence-electron chi connectivity index (χ4n) is 1.72. The molecule has 1 aromatic carbocycles. The lowest BCUT2D eigenvalue weighted by Crippen LogP contribution is -2.15. The van der Waals surface area contributed by atoms with Crippen LogP contribution in [-0.2, 0) is 4.74 Å². The zero-order valence-corrected chi connectivity index (χ0v) is 12.2. The zero-order chi connectivity index (χ0) is 15.9. The lowest BCUT2D eigenvalue weighted by Gasteiger charge is -2.14. The lowest BCUT2D eigenvalue weighted by molar-refractivity contribution is -0.0384. The minimum atomic E-state index is -0.471. The van der Waals surface area contributed by atoms with Crippen LogP contribution in [0.4, 0.5) is 5.69 Å². The Bertz CT molecular complexity index is 696. The Kier molecular flexibility index (Phi) is 5.07. The summed E-state index contributed by atoms with van der Waals surface area (Å²) in [6.45, 7) is 1.72. The maximum absolute atomic E-state index is 12.0. The number of anilines is 1. The van der Waals surface area contributed by atoms with Gasteiger partial charge in [-0.25, -0.2) is 0 Å². The van der Waals surface area contributed by atoms with Crippen LogP contribution in [0.5, 0.6) is 5.75 Å². The summed E-state index contributed by atoms with van der Waals surface area (Å²) in [5.74, 6) is 0.0519. The maximum atomic E-state index is 12.0. The number of nitrogens with zero attached hydrogens (tertiary/aromatic N) is 2. The second kappa shape index (κ2) is 7.20. The van der Waals surface area contributed by atoms with Crippen molar-refractivity contribution in [2.24, 2.45) is 0 Å². The molecule has 1 heterocycles. The lowest BCUT2D eigenvalue weighted by atomic mass is 10.2. The van der Waals surface area contributed by atoms with E-state index in [4.69, 9.17) is 9.47 Å². The van der Waals surface area contributed by atoms with Gasteiger partial charge in [-0.15, -0.1) is 0 Å². The fourth-order valence-corrected chi connectivity index (χ4v) is 1.72. The van der Waals surface area contributed by atoms with E-state index in [1.807, 2.05) is 6.07 Å². The number of methoxy groups -OCH3 is 1. The number of hydrogen-bond donors (Lipinski definition) is 1. The third-order valence-corrected chi connectivity index (χ3v) is 2.88. The molecule has 1 amide bonds. The molecule has 112 valence electrons. The Morgan fingerprint density at radius 3 is 2.82 bits per heavy atom. The van der Waals surface area contributed by atoms with Gasteiger partial charge in [-0.05, 0) is 37.3 Å². The van der Waals surface area contributed by atoms with E-state index in [1.54, 1.807) is 49.5 Å². The molecule has 2 aromatic rings. The van der Waals surface area contributed by atoms with Gasteiger partial charge in [-0.3, -0.25) is 9.78 Å². The van der Waals surface area contributed by atoms with Gasteiger partial charge in [0.2, 0.25) is 0 Å². The Hall–Kier alpha value is -2.91. The number of hydrogen-bond acceptors (Lipinski definition) is 5. The van der Waals surface area contributed by atoms with Crippen molar-refractivity contribution in [1.82, 2.24) is 4.98 Å². The first-order chi connectivity index (χ1) is 10.6. The van der Waals surface area contributed by atoms with Crippen LogP contribution in [0.1, 0.15) is 23.0 Å². The third-order valence-electron chi connectivity index (χ3n) is 2.88. The number of nitriles is 1. The van der Waals surface area contributed by atoms with Crippen LogP contribution in [0, 0.1) is 11.3 Å². The van der Waals surface area contributed by atoms with Gasteiger partial charge in [0, 0.05) is 19.0 Å². The highest BCUT2D eigenvalue weighted by Gasteiger charge is 2.11. The predicted octanol–water partition coefficient (Wildman–Crippen LogP) is 2.58. The summed E-state index contributed by atoms with van der Waals surface area (Å²) in [6.07, 6.45) is 1.07. The molecule has 0 bridgehead atoms. The van der Waals surface area contributed by atoms with Crippen LogP contribution < -0.4 is 10.1 Å². The fraction of sp³-hybridized carbons (Fsp3) is 0.188. The summed E-state index contributed by atoms with van der Waals surface area (Å²) in [7, 11) is 1.51. The molecule has 0 radical (unpaired) electrons. The van der Waals surface area contributed by atoms with Crippen LogP contribution in [0.15, 0.2) is 42.6 Å². The number of benzene rings is 1. The van der Waals surface area contributed by atoms with E-state index < -0.39 is 6.29 Å². The number of amides is 1. The second-order valence-corrected chi connectivity index (χ2v) is 4.41. The Morgan fingerprint density at radius 1 is 1.36 bits per heavy atom. The molecule has 0 spiro atoms. The third kappa shape index (κ3) is 3.81. The molecule has 0 saturated heterocycles. The average Bonchev–Trinajstić information content (AvgIpc) is 2.56. The molecular weight excluding hydrogens is 282 g/mol. The molecule has 0 aliphatic carbocycles. The quantitative estimate of drug-likeness (QED) is 0.857. The Balaban J connectivity index is 2.16. The maximum Gasteiger partial charge on any atom is 0.274 e. The topological polar surface area (TPSA) is 84.2 Å². The van der Waals surface area contributed by atoms with Gasteiger partial charge in [0.25, 0.3) is 5.91 Å². The monoisotopic (exact) mass is 297 g/mol. The van der Waals surface area contributed by atoms with E-state index in [9.17, 15) is 10.1 Å². The van der Waals surface area contributed by atoms with E-state index in [2.05, 4.69) is 10.3 Å². The van der Waals surface area contributed by atoms with E-state index in [0.29, 0.717) is 22.7 Å². The van der Waals surface area contributed by atoms with Crippen molar-refractivity contribution >= 4 is 11.6 Å². The summed E-state index contributed by atoms with van der Waals surface area (Å²) >= 11 is 0. The molecule has 6 heteroatoms. The van der Waals surface area contributed by atoms with Crippen LogP contribution in [0.3, 0.4) is 0 Å². The molecule has 22 heavy (non-hydrogen) atoms. The van der Waals surface area contributed by atoms with Crippen molar-refractivity contribution in [3.63, 3.8) is 0 Å². The largest absolute Gasteiger partial charge is 0.464 e. The van der Waals surface area contributed by atoms with E-state index in [0.717, 1.165) is 0 Å². The van der Waals surface area contributed by atoms with Gasteiger partial charge >= 0.3 is 0 Å². The number of aromatic nitrogens is 1. The van der Waals surface area contributed by atoms with Gasteiger partial charge in [-0.2, -0.15) is 5.26 Å². The Morgan fingerprint density at radius 2 is 2.18 bits per heavy atom. The van der Waals surface area contributed by atoms with Gasteiger partial charge in [0.15, 0.2) is 6.29 Å². The number of carbonyl (C=O) groups excluding carboxylic acids is 1. The molecular formula is C16H15N3O3. The molecule has 0 aliphatic rings. The molecule has 0 fully saturated rings. The van der Waals surface area contributed by atoms with Crippen molar-refractivity contribution in [3.8, 4) is 11.8 Å². The van der Waals surface area contributed by atoms with E-state index >= 15 is 0 Å². The first-order valence-corrected chi connectivity index (χ1v) is 6.60. The van der Waals surface area contributed by atoms with Crippen LogP contribution in [0.25, 0.3) is 0 Å². The van der Waals surface area contributed by atoms with E-state index in [1.165, 1.54) is 7.11 Å². The number of nitrogens with one attached hydrogen (secondary N) is 1. The molecule has 0 saturated carbocycles. The summed E-state index contributed by atoms with van der Waals surface area (Å²) in [5, 5.41) is 11.9. The van der Waals surface area contributed by atoms with Crippen LogP contribution >= 0.6 is 0 Å². The number of rotatable bonds is 5. The summed E-state index contributed by atoms with van der Waals surface area (Å²) in [4.78, 5) is 16.0. The average molecular weight is 297 g/mol.